The molecule has 6 nitrogen and oxygen atoms in total. The van der Waals surface area contributed by atoms with Gasteiger partial charge in [0.2, 0.25) is 5.88 Å². The summed E-state index contributed by atoms with van der Waals surface area (Å²) < 4.78 is 5.53. The van der Waals surface area contributed by atoms with Crippen LogP contribution >= 0.6 is 11.3 Å². The van der Waals surface area contributed by atoms with Crippen molar-refractivity contribution in [2.45, 2.75) is 33.9 Å². The van der Waals surface area contributed by atoms with Gasteiger partial charge in [-0.3, -0.25) is 4.99 Å². The smallest absolute Gasteiger partial charge is 0.218 e. The van der Waals surface area contributed by atoms with Gasteiger partial charge in [-0.05, 0) is 26.8 Å². The van der Waals surface area contributed by atoms with Gasteiger partial charge in [-0.1, -0.05) is 6.07 Å². The minimum absolute atomic E-state index is 0.596. The monoisotopic (exact) mass is 333 g/mol. The third kappa shape index (κ3) is 4.92. The highest BCUT2D eigenvalue weighted by Gasteiger charge is 2.07. The fraction of sp³-hybridized carbons (Fsp3) is 0.438. The standard InChI is InChI=1S/C16H23N5OS/c1-5-22-15-13(7-6-8-18-15)9-19-16(17-4)20-10-14-21-11(2)12(3)23-14/h6-8H,5,9-10H2,1-4H3,(H2,17,19,20). The summed E-state index contributed by atoms with van der Waals surface area (Å²) in [6.07, 6.45) is 1.73. The summed E-state index contributed by atoms with van der Waals surface area (Å²) in [6, 6.07) is 3.89. The molecule has 2 aromatic rings. The first-order chi connectivity index (χ1) is 11.1. The van der Waals surface area contributed by atoms with Crippen LogP contribution in [0.2, 0.25) is 0 Å². The highest BCUT2D eigenvalue weighted by molar-refractivity contribution is 7.11. The van der Waals surface area contributed by atoms with Crippen LogP contribution in [0, 0.1) is 13.8 Å². The van der Waals surface area contributed by atoms with E-state index in [2.05, 4.69) is 32.5 Å². The fourth-order valence-corrected chi connectivity index (χ4v) is 2.87. The third-order valence-corrected chi connectivity index (χ3v) is 4.35. The molecule has 0 unspecified atom stereocenters. The lowest BCUT2D eigenvalue weighted by Gasteiger charge is -2.13. The van der Waals surface area contributed by atoms with Gasteiger partial charge in [0.15, 0.2) is 5.96 Å². The molecule has 0 radical (unpaired) electrons. The molecular weight excluding hydrogens is 310 g/mol. The fourth-order valence-electron chi connectivity index (χ4n) is 2.00. The number of guanidine groups is 1. The summed E-state index contributed by atoms with van der Waals surface area (Å²) >= 11 is 1.70. The number of thiazole rings is 1. The zero-order chi connectivity index (χ0) is 16.7. The van der Waals surface area contributed by atoms with E-state index in [0.717, 1.165) is 22.2 Å². The van der Waals surface area contributed by atoms with E-state index < -0.39 is 0 Å². The summed E-state index contributed by atoms with van der Waals surface area (Å²) in [5.41, 5.74) is 2.09. The minimum Gasteiger partial charge on any atom is -0.478 e. The largest absolute Gasteiger partial charge is 0.478 e. The normalized spacial score (nSPS) is 11.4. The van der Waals surface area contributed by atoms with Crippen molar-refractivity contribution in [2.75, 3.05) is 13.7 Å². The number of aliphatic imine (C=N–C) groups is 1. The number of nitrogens with one attached hydrogen (secondary N) is 2. The molecule has 0 aliphatic heterocycles. The molecule has 124 valence electrons. The second-order valence-electron chi connectivity index (χ2n) is 4.93. The van der Waals surface area contributed by atoms with Crippen molar-refractivity contribution in [1.82, 2.24) is 20.6 Å². The van der Waals surface area contributed by atoms with Crippen LogP contribution in [0.1, 0.15) is 28.1 Å². The molecule has 2 aromatic heterocycles. The van der Waals surface area contributed by atoms with Gasteiger partial charge in [0, 0.05) is 30.2 Å². The van der Waals surface area contributed by atoms with Gasteiger partial charge in [-0.15, -0.1) is 11.3 Å². The zero-order valence-corrected chi connectivity index (χ0v) is 14.8. The van der Waals surface area contributed by atoms with E-state index in [-0.39, 0.29) is 0 Å². The van der Waals surface area contributed by atoms with Crippen molar-refractivity contribution in [1.29, 1.82) is 0 Å². The second kappa shape index (κ2) is 8.47. The van der Waals surface area contributed by atoms with Gasteiger partial charge in [0.05, 0.1) is 18.8 Å². The number of aromatic nitrogens is 2. The van der Waals surface area contributed by atoms with Crippen molar-refractivity contribution in [3.05, 3.63) is 39.5 Å². The molecule has 0 aromatic carbocycles. The molecule has 0 atom stereocenters. The van der Waals surface area contributed by atoms with Crippen LogP contribution in [-0.4, -0.2) is 29.6 Å². The van der Waals surface area contributed by atoms with Gasteiger partial charge in [0.25, 0.3) is 0 Å². The lowest BCUT2D eigenvalue weighted by atomic mass is 10.2. The quantitative estimate of drug-likeness (QED) is 0.627. The van der Waals surface area contributed by atoms with Crippen molar-refractivity contribution in [2.24, 2.45) is 4.99 Å². The Balaban J connectivity index is 1.90. The molecular formula is C16H23N5OS. The topological polar surface area (TPSA) is 71.4 Å². The van der Waals surface area contributed by atoms with E-state index >= 15 is 0 Å². The molecule has 0 bridgehead atoms. The zero-order valence-electron chi connectivity index (χ0n) is 14.0. The van der Waals surface area contributed by atoms with Crippen molar-refractivity contribution in [3.63, 3.8) is 0 Å². The third-order valence-electron chi connectivity index (χ3n) is 3.28. The number of hydrogen-bond donors (Lipinski definition) is 2. The van der Waals surface area contributed by atoms with E-state index in [4.69, 9.17) is 4.74 Å². The lowest BCUT2D eigenvalue weighted by molar-refractivity contribution is 0.322. The van der Waals surface area contributed by atoms with Gasteiger partial charge < -0.3 is 15.4 Å². The summed E-state index contributed by atoms with van der Waals surface area (Å²) in [5.74, 6) is 1.38. The molecule has 0 spiro atoms. The Morgan fingerprint density at radius 3 is 2.74 bits per heavy atom. The van der Waals surface area contributed by atoms with Crippen molar-refractivity contribution >= 4 is 17.3 Å². The highest BCUT2D eigenvalue weighted by Crippen LogP contribution is 2.16. The van der Waals surface area contributed by atoms with E-state index in [9.17, 15) is 0 Å². The van der Waals surface area contributed by atoms with Crippen molar-refractivity contribution in [3.8, 4) is 5.88 Å². The molecule has 0 aliphatic rings. The first-order valence-electron chi connectivity index (χ1n) is 7.58. The minimum atomic E-state index is 0.596. The number of pyridine rings is 1. The van der Waals surface area contributed by atoms with Crippen LogP contribution < -0.4 is 15.4 Å². The highest BCUT2D eigenvalue weighted by atomic mass is 32.1. The van der Waals surface area contributed by atoms with E-state index in [1.165, 1.54) is 4.88 Å². The van der Waals surface area contributed by atoms with Crippen LogP contribution in [0.4, 0.5) is 0 Å². The number of nitrogens with zero attached hydrogens (tertiary/aromatic N) is 3. The average molecular weight is 333 g/mol. The molecule has 2 heterocycles. The SMILES string of the molecule is CCOc1ncccc1CNC(=NC)NCc1nc(C)c(C)s1. The predicted octanol–water partition coefficient (Wildman–Crippen LogP) is 2.42. The first-order valence-corrected chi connectivity index (χ1v) is 8.39. The molecule has 0 saturated heterocycles. The van der Waals surface area contributed by atoms with Crippen LogP contribution in [0.3, 0.4) is 0 Å². The van der Waals surface area contributed by atoms with Crippen LogP contribution in [0.25, 0.3) is 0 Å². The molecule has 2 rings (SSSR count). The molecule has 0 aliphatic carbocycles. The van der Waals surface area contributed by atoms with E-state index in [1.54, 1.807) is 24.6 Å². The summed E-state index contributed by atoms with van der Waals surface area (Å²) in [5, 5.41) is 7.60. The maximum atomic E-state index is 5.53. The Morgan fingerprint density at radius 1 is 1.30 bits per heavy atom. The van der Waals surface area contributed by atoms with Crippen LogP contribution in [0.5, 0.6) is 5.88 Å². The predicted molar refractivity (Wildman–Crippen MR) is 94.0 cm³/mol. The molecule has 7 heteroatoms. The summed E-state index contributed by atoms with van der Waals surface area (Å²) in [4.78, 5) is 14.2. The number of ether oxygens (including phenoxy) is 1. The van der Waals surface area contributed by atoms with E-state index in [0.29, 0.717) is 25.6 Å². The van der Waals surface area contributed by atoms with Crippen LogP contribution in [0.15, 0.2) is 23.3 Å². The Labute approximate surface area is 141 Å². The Morgan fingerprint density at radius 2 is 2.09 bits per heavy atom. The first kappa shape index (κ1) is 17.2. The Bertz CT molecular complexity index is 649. The van der Waals surface area contributed by atoms with Crippen molar-refractivity contribution < 1.29 is 4.74 Å². The number of aryl methyl sites for hydroxylation is 2. The number of rotatable bonds is 6. The molecule has 0 fully saturated rings. The molecule has 23 heavy (non-hydrogen) atoms. The number of hydrogen-bond acceptors (Lipinski definition) is 5. The maximum absolute atomic E-state index is 5.53. The van der Waals surface area contributed by atoms with Gasteiger partial charge >= 0.3 is 0 Å². The summed E-state index contributed by atoms with van der Waals surface area (Å²) in [7, 11) is 1.75. The Kier molecular flexibility index (Phi) is 6.34. The molecule has 0 amide bonds. The summed E-state index contributed by atoms with van der Waals surface area (Å²) in [6.45, 7) is 7.91. The van der Waals surface area contributed by atoms with E-state index in [1.807, 2.05) is 26.0 Å². The maximum Gasteiger partial charge on any atom is 0.218 e. The molecule has 0 saturated carbocycles. The molecule has 2 N–H and O–H groups in total. The van der Waals surface area contributed by atoms with Gasteiger partial charge in [-0.25, -0.2) is 9.97 Å². The second-order valence-corrected chi connectivity index (χ2v) is 6.22. The average Bonchev–Trinajstić information content (AvgIpc) is 2.87. The van der Waals surface area contributed by atoms with Gasteiger partial charge in [-0.2, -0.15) is 0 Å². The van der Waals surface area contributed by atoms with Gasteiger partial charge in [0.1, 0.15) is 5.01 Å². The van der Waals surface area contributed by atoms with Crippen LogP contribution in [-0.2, 0) is 13.1 Å². The Hall–Kier alpha value is -2.15. The lowest BCUT2D eigenvalue weighted by Crippen LogP contribution is -2.36.